The number of piperazine rings is 1. The van der Waals surface area contributed by atoms with Crippen LogP contribution >= 0.6 is 0 Å². The predicted molar refractivity (Wildman–Crippen MR) is 109 cm³/mol. The summed E-state index contributed by atoms with van der Waals surface area (Å²) in [5.74, 6) is 1.82. The van der Waals surface area contributed by atoms with Crippen molar-refractivity contribution in [1.82, 2.24) is 20.0 Å². The zero-order valence-corrected chi connectivity index (χ0v) is 17.3. The molecule has 2 aliphatic rings. The number of amides is 1. The van der Waals surface area contributed by atoms with Gasteiger partial charge in [-0.15, -0.1) is 0 Å². The summed E-state index contributed by atoms with van der Waals surface area (Å²) in [4.78, 5) is 23.5. The van der Waals surface area contributed by atoms with E-state index in [4.69, 9.17) is 9.15 Å². The van der Waals surface area contributed by atoms with E-state index >= 15 is 0 Å². The molecule has 0 aliphatic carbocycles. The van der Waals surface area contributed by atoms with Gasteiger partial charge in [0.05, 0.1) is 19.5 Å². The third kappa shape index (κ3) is 5.05. The summed E-state index contributed by atoms with van der Waals surface area (Å²) >= 11 is 0. The van der Waals surface area contributed by atoms with Crippen molar-refractivity contribution >= 4 is 11.9 Å². The molecule has 3 heterocycles. The van der Waals surface area contributed by atoms with E-state index in [0.717, 1.165) is 51.9 Å². The second-order valence-corrected chi connectivity index (χ2v) is 7.64. The molecule has 0 saturated carbocycles. The third-order valence-corrected chi connectivity index (χ3v) is 5.56. The zero-order valence-electron chi connectivity index (χ0n) is 17.3. The fourth-order valence-corrected chi connectivity index (χ4v) is 3.90. The molecule has 1 atom stereocenters. The number of carbonyl (C=O) groups excluding carboxylic acids is 1. The first kappa shape index (κ1) is 20.7. The largest absolute Gasteiger partial charge is 0.459 e. The molecule has 1 aromatic heterocycles. The molecule has 1 N–H and O–H groups in total. The summed E-state index contributed by atoms with van der Waals surface area (Å²) in [6, 6.07) is 3.91. The minimum absolute atomic E-state index is 0.0419. The molecule has 1 unspecified atom stereocenters. The van der Waals surface area contributed by atoms with Crippen LogP contribution in [0, 0.1) is 5.92 Å². The van der Waals surface area contributed by atoms with E-state index < -0.39 is 0 Å². The average Bonchev–Trinajstić information content (AvgIpc) is 3.26. The van der Waals surface area contributed by atoms with E-state index in [0.29, 0.717) is 30.8 Å². The molecule has 2 saturated heterocycles. The zero-order chi connectivity index (χ0) is 19.9. The average molecular weight is 392 g/mol. The molecule has 2 fully saturated rings. The van der Waals surface area contributed by atoms with Gasteiger partial charge in [-0.05, 0) is 18.1 Å². The van der Waals surface area contributed by atoms with E-state index in [9.17, 15) is 4.79 Å². The van der Waals surface area contributed by atoms with Crippen LogP contribution in [0.5, 0.6) is 0 Å². The highest BCUT2D eigenvalue weighted by Gasteiger charge is 2.27. The summed E-state index contributed by atoms with van der Waals surface area (Å²) in [6.07, 6.45) is 1.54. The molecule has 8 heteroatoms. The van der Waals surface area contributed by atoms with Crippen LogP contribution in [0.1, 0.15) is 24.4 Å². The van der Waals surface area contributed by atoms with Crippen LogP contribution in [0.4, 0.5) is 0 Å². The summed E-state index contributed by atoms with van der Waals surface area (Å²) in [6.45, 7) is 11.8. The quantitative estimate of drug-likeness (QED) is 0.596. The second kappa shape index (κ2) is 9.93. The van der Waals surface area contributed by atoms with Crippen LogP contribution in [0.15, 0.2) is 27.8 Å². The minimum Gasteiger partial charge on any atom is -0.459 e. The Morgan fingerprint density at radius 3 is 2.39 bits per heavy atom. The molecule has 3 rings (SSSR count). The number of nitrogens with one attached hydrogen (secondary N) is 1. The van der Waals surface area contributed by atoms with E-state index in [-0.39, 0.29) is 5.91 Å². The molecule has 0 aromatic carbocycles. The van der Waals surface area contributed by atoms with E-state index in [1.807, 2.05) is 11.9 Å². The number of ether oxygens (including phenoxy) is 1. The van der Waals surface area contributed by atoms with Crippen molar-refractivity contribution in [3.63, 3.8) is 0 Å². The van der Waals surface area contributed by atoms with E-state index in [1.54, 1.807) is 12.1 Å². The predicted octanol–water partition coefficient (Wildman–Crippen LogP) is 0.970. The second-order valence-electron chi connectivity index (χ2n) is 7.64. The molecule has 0 spiro atoms. The number of rotatable bonds is 5. The summed E-state index contributed by atoms with van der Waals surface area (Å²) in [7, 11) is 1.82. The van der Waals surface area contributed by atoms with Gasteiger partial charge in [0.2, 0.25) is 0 Å². The van der Waals surface area contributed by atoms with E-state index in [2.05, 4.69) is 34.0 Å². The normalized spacial score (nSPS) is 20.5. The molecular formula is C20H33N5O3. The fourth-order valence-electron chi connectivity index (χ4n) is 3.90. The van der Waals surface area contributed by atoms with Crippen molar-refractivity contribution in [2.75, 3.05) is 66.1 Å². The number of guanidine groups is 1. The van der Waals surface area contributed by atoms with Gasteiger partial charge in [0.25, 0.3) is 5.91 Å². The molecule has 156 valence electrons. The summed E-state index contributed by atoms with van der Waals surface area (Å²) < 4.78 is 10.7. The van der Waals surface area contributed by atoms with Crippen molar-refractivity contribution in [3.05, 3.63) is 24.2 Å². The Labute approximate surface area is 167 Å². The maximum atomic E-state index is 12.4. The van der Waals surface area contributed by atoms with Gasteiger partial charge in [-0.2, -0.15) is 0 Å². The Bertz CT molecular complexity index is 632. The first-order valence-corrected chi connectivity index (χ1v) is 10.2. The highest BCUT2D eigenvalue weighted by molar-refractivity contribution is 5.91. The van der Waals surface area contributed by atoms with Crippen LogP contribution in [0.3, 0.4) is 0 Å². The smallest absolute Gasteiger partial charge is 0.289 e. The van der Waals surface area contributed by atoms with Crippen molar-refractivity contribution < 1.29 is 13.9 Å². The number of hydrogen-bond acceptors (Lipinski definition) is 5. The van der Waals surface area contributed by atoms with Crippen molar-refractivity contribution in [2.24, 2.45) is 10.9 Å². The number of nitrogens with zero attached hydrogens (tertiary/aromatic N) is 4. The van der Waals surface area contributed by atoms with Gasteiger partial charge in [-0.25, -0.2) is 0 Å². The Hall–Kier alpha value is -2.06. The monoisotopic (exact) mass is 391 g/mol. The Morgan fingerprint density at radius 1 is 1.14 bits per heavy atom. The lowest BCUT2D eigenvalue weighted by atomic mass is 10.0. The van der Waals surface area contributed by atoms with Crippen LogP contribution < -0.4 is 5.32 Å². The molecule has 28 heavy (non-hydrogen) atoms. The van der Waals surface area contributed by atoms with E-state index in [1.165, 1.54) is 6.26 Å². The van der Waals surface area contributed by atoms with Crippen molar-refractivity contribution in [3.8, 4) is 0 Å². The lowest BCUT2D eigenvalue weighted by Crippen LogP contribution is -2.56. The van der Waals surface area contributed by atoms with Gasteiger partial charge in [0, 0.05) is 58.9 Å². The molecular weight excluding hydrogens is 358 g/mol. The molecule has 1 amide bonds. The summed E-state index contributed by atoms with van der Waals surface area (Å²) in [5.41, 5.74) is 0. The first-order valence-electron chi connectivity index (χ1n) is 10.2. The Kier molecular flexibility index (Phi) is 7.33. The highest BCUT2D eigenvalue weighted by atomic mass is 16.5. The van der Waals surface area contributed by atoms with Crippen molar-refractivity contribution in [2.45, 2.75) is 19.9 Å². The van der Waals surface area contributed by atoms with Gasteiger partial charge in [-0.1, -0.05) is 13.8 Å². The standard InChI is InChI=1S/C20H33N5O3/c1-16(2)17(23-10-13-27-14-11-23)15-22-20(21-3)25-8-6-24(7-9-25)19(26)18-5-4-12-28-18/h4-5,12,16-17H,6-11,13-15H2,1-3H3,(H,21,22). The van der Waals surface area contributed by atoms with Crippen LogP contribution in [0.25, 0.3) is 0 Å². The molecule has 0 bridgehead atoms. The Balaban J connectivity index is 1.50. The lowest BCUT2D eigenvalue weighted by molar-refractivity contribution is 0.00734. The van der Waals surface area contributed by atoms with Crippen LogP contribution in [-0.2, 0) is 4.74 Å². The van der Waals surface area contributed by atoms with Crippen LogP contribution in [0.2, 0.25) is 0 Å². The topological polar surface area (TPSA) is 73.6 Å². The number of carbonyl (C=O) groups is 1. The third-order valence-electron chi connectivity index (χ3n) is 5.56. The van der Waals surface area contributed by atoms with Gasteiger partial charge in [0.1, 0.15) is 0 Å². The van der Waals surface area contributed by atoms with Crippen LogP contribution in [-0.4, -0.2) is 98.7 Å². The first-order chi connectivity index (χ1) is 13.6. The molecule has 1 aromatic rings. The SMILES string of the molecule is CN=C(NCC(C(C)C)N1CCOCC1)N1CCN(C(=O)c2ccco2)CC1. The fraction of sp³-hybridized carbons (Fsp3) is 0.700. The maximum Gasteiger partial charge on any atom is 0.289 e. The summed E-state index contributed by atoms with van der Waals surface area (Å²) in [5, 5.41) is 3.56. The number of morpholine rings is 1. The molecule has 0 radical (unpaired) electrons. The minimum atomic E-state index is -0.0419. The van der Waals surface area contributed by atoms with Gasteiger partial charge in [-0.3, -0.25) is 14.7 Å². The number of furan rings is 1. The number of aliphatic imine (C=N–C) groups is 1. The van der Waals surface area contributed by atoms with Crippen molar-refractivity contribution in [1.29, 1.82) is 0 Å². The van der Waals surface area contributed by atoms with Gasteiger partial charge >= 0.3 is 0 Å². The van der Waals surface area contributed by atoms with Gasteiger partial charge < -0.3 is 24.3 Å². The number of hydrogen-bond donors (Lipinski definition) is 1. The molecule has 8 nitrogen and oxygen atoms in total. The maximum absolute atomic E-state index is 12.4. The molecule has 2 aliphatic heterocycles. The van der Waals surface area contributed by atoms with Gasteiger partial charge in [0.15, 0.2) is 11.7 Å². The lowest BCUT2D eigenvalue weighted by Gasteiger charge is -2.39. The Morgan fingerprint density at radius 2 is 1.82 bits per heavy atom. The highest BCUT2D eigenvalue weighted by Crippen LogP contribution is 2.13.